The third kappa shape index (κ3) is 5.91. The molecule has 0 aliphatic carbocycles. The number of rotatable bonds is 8. The highest BCUT2D eigenvalue weighted by atomic mass is 35.5. The van der Waals surface area contributed by atoms with Crippen molar-refractivity contribution in [2.75, 3.05) is 13.7 Å². The Labute approximate surface area is 191 Å². The molecule has 3 rings (SSSR count). The number of carbonyl (C=O) groups excluding carboxylic acids is 2. The predicted molar refractivity (Wildman–Crippen MR) is 118 cm³/mol. The molecule has 2 aromatic rings. The molecule has 1 heterocycles. The number of hydrogen-bond donors (Lipinski definition) is 2. The van der Waals surface area contributed by atoms with Gasteiger partial charge in [0.2, 0.25) is 5.91 Å². The zero-order valence-corrected chi connectivity index (χ0v) is 18.4. The maximum atomic E-state index is 12.8. The predicted octanol–water partition coefficient (Wildman–Crippen LogP) is 3.26. The molecule has 1 aliphatic rings. The smallest absolute Gasteiger partial charge is 0.410 e. The van der Waals surface area contributed by atoms with Gasteiger partial charge in [0.25, 0.3) is 0 Å². The molecule has 32 heavy (non-hydrogen) atoms. The number of carbonyl (C=O) groups is 3. The summed E-state index contributed by atoms with van der Waals surface area (Å²) < 4.78 is 10.4. The minimum Gasteiger partial charge on any atom is -0.495 e. The largest absolute Gasteiger partial charge is 0.495 e. The van der Waals surface area contributed by atoms with Crippen LogP contribution in [-0.4, -0.2) is 53.7 Å². The molecule has 1 saturated heterocycles. The Morgan fingerprint density at radius 1 is 1.19 bits per heavy atom. The van der Waals surface area contributed by atoms with Crippen molar-refractivity contribution in [2.45, 2.75) is 38.0 Å². The summed E-state index contributed by atoms with van der Waals surface area (Å²) in [6.45, 7) is 0.470. The molecule has 2 aromatic carbocycles. The number of carboxylic acid groups (broad SMARTS) is 1. The van der Waals surface area contributed by atoms with Crippen LogP contribution in [0.3, 0.4) is 0 Å². The second-order valence-corrected chi connectivity index (χ2v) is 7.87. The van der Waals surface area contributed by atoms with Gasteiger partial charge in [-0.3, -0.25) is 9.69 Å². The molecule has 1 aliphatic heterocycles. The van der Waals surface area contributed by atoms with Gasteiger partial charge in [-0.25, -0.2) is 9.59 Å². The van der Waals surface area contributed by atoms with Crippen LogP contribution in [0.25, 0.3) is 0 Å². The van der Waals surface area contributed by atoms with Crippen molar-refractivity contribution in [3.63, 3.8) is 0 Å². The Morgan fingerprint density at radius 2 is 1.94 bits per heavy atom. The van der Waals surface area contributed by atoms with Crippen molar-refractivity contribution >= 4 is 29.6 Å². The highest BCUT2D eigenvalue weighted by Gasteiger charge is 2.36. The number of halogens is 1. The second kappa shape index (κ2) is 10.9. The zero-order valence-electron chi connectivity index (χ0n) is 17.6. The topological polar surface area (TPSA) is 105 Å². The van der Waals surface area contributed by atoms with Gasteiger partial charge in [-0.15, -0.1) is 0 Å². The second-order valence-electron chi connectivity index (χ2n) is 7.46. The molecule has 0 spiro atoms. The summed E-state index contributed by atoms with van der Waals surface area (Å²) in [6, 6.07) is 12.2. The maximum absolute atomic E-state index is 12.8. The van der Waals surface area contributed by atoms with E-state index in [2.05, 4.69) is 5.32 Å². The number of hydrogen-bond acceptors (Lipinski definition) is 5. The van der Waals surface area contributed by atoms with E-state index in [9.17, 15) is 19.5 Å². The average Bonchev–Trinajstić information content (AvgIpc) is 3.28. The van der Waals surface area contributed by atoms with Crippen LogP contribution in [0.4, 0.5) is 4.79 Å². The molecule has 1 fully saturated rings. The lowest BCUT2D eigenvalue weighted by Gasteiger charge is -2.25. The van der Waals surface area contributed by atoms with Gasteiger partial charge in [-0.1, -0.05) is 48.0 Å². The fourth-order valence-corrected chi connectivity index (χ4v) is 3.88. The van der Waals surface area contributed by atoms with Gasteiger partial charge >= 0.3 is 12.1 Å². The minimum absolute atomic E-state index is 0.0377. The van der Waals surface area contributed by atoms with Gasteiger partial charge in [0.05, 0.1) is 12.1 Å². The number of benzene rings is 2. The zero-order chi connectivity index (χ0) is 23.1. The molecule has 0 unspecified atom stereocenters. The summed E-state index contributed by atoms with van der Waals surface area (Å²) in [4.78, 5) is 38.5. The lowest BCUT2D eigenvalue weighted by Crippen LogP contribution is -2.51. The molecule has 2 amide bonds. The van der Waals surface area contributed by atoms with Gasteiger partial charge in [0, 0.05) is 13.0 Å². The molecule has 0 aromatic heterocycles. The Balaban J connectivity index is 1.61. The third-order valence-corrected chi connectivity index (χ3v) is 5.56. The molecule has 9 heteroatoms. The molecule has 8 nitrogen and oxygen atoms in total. The molecule has 2 atom stereocenters. The summed E-state index contributed by atoms with van der Waals surface area (Å²) in [5.74, 6) is -1.23. The van der Waals surface area contributed by atoms with E-state index < -0.39 is 30.1 Å². The first kappa shape index (κ1) is 23.4. The van der Waals surface area contributed by atoms with Gasteiger partial charge in [0.1, 0.15) is 24.4 Å². The van der Waals surface area contributed by atoms with Crippen LogP contribution in [-0.2, 0) is 27.4 Å². The van der Waals surface area contributed by atoms with Crippen molar-refractivity contribution in [3.05, 3.63) is 64.7 Å². The average molecular weight is 461 g/mol. The van der Waals surface area contributed by atoms with Crippen molar-refractivity contribution in [2.24, 2.45) is 0 Å². The summed E-state index contributed by atoms with van der Waals surface area (Å²) in [5, 5.41) is 12.5. The molecule has 170 valence electrons. The summed E-state index contributed by atoms with van der Waals surface area (Å²) >= 11 is 6.11. The number of nitrogens with one attached hydrogen (secondary N) is 1. The molecule has 0 radical (unpaired) electrons. The highest BCUT2D eigenvalue weighted by Crippen LogP contribution is 2.25. The maximum Gasteiger partial charge on any atom is 0.410 e. The van der Waals surface area contributed by atoms with E-state index >= 15 is 0 Å². The van der Waals surface area contributed by atoms with Crippen LogP contribution in [0.2, 0.25) is 5.02 Å². The lowest BCUT2D eigenvalue weighted by molar-refractivity contribution is -0.142. The Morgan fingerprint density at radius 3 is 2.59 bits per heavy atom. The first-order valence-corrected chi connectivity index (χ1v) is 10.6. The summed E-state index contributed by atoms with van der Waals surface area (Å²) in [6.07, 6.45) is 0.508. The first-order chi connectivity index (χ1) is 15.4. The van der Waals surface area contributed by atoms with Crippen molar-refractivity contribution in [3.8, 4) is 5.75 Å². The number of likely N-dealkylation sites (tertiary alicyclic amines) is 1. The highest BCUT2D eigenvalue weighted by molar-refractivity contribution is 6.32. The fraction of sp³-hybridized carbons (Fsp3) is 0.348. The van der Waals surface area contributed by atoms with Crippen LogP contribution >= 0.6 is 11.6 Å². The molecular weight excluding hydrogens is 436 g/mol. The normalized spacial score (nSPS) is 16.3. The van der Waals surface area contributed by atoms with Crippen molar-refractivity contribution < 1.29 is 29.0 Å². The number of carboxylic acids is 1. The molecular formula is C23H25ClN2O6. The molecule has 0 bridgehead atoms. The Bertz CT molecular complexity index is 968. The Hall–Kier alpha value is -3.26. The van der Waals surface area contributed by atoms with E-state index in [-0.39, 0.29) is 13.0 Å². The van der Waals surface area contributed by atoms with Crippen LogP contribution in [0, 0.1) is 0 Å². The number of methoxy groups -OCH3 is 1. The quantitative estimate of drug-likeness (QED) is 0.626. The SMILES string of the molecule is COc1ccc(C[C@H](NC(=O)[C@H]2CCCN2C(=O)OCc2ccccc2)C(=O)O)cc1Cl. The monoisotopic (exact) mass is 460 g/mol. The number of aliphatic carboxylic acids is 1. The standard InChI is InChI=1S/C23H25ClN2O6/c1-31-20-10-9-16(12-17(20)24)13-18(22(28)29)25-21(27)19-8-5-11-26(19)23(30)32-14-15-6-3-2-4-7-15/h2-4,6-7,9-10,12,18-19H,5,8,11,13-14H2,1H3,(H,25,27)(H,28,29)/t18-,19+/m0/s1. The van der Waals surface area contributed by atoms with Crippen molar-refractivity contribution in [1.82, 2.24) is 10.2 Å². The van der Waals surface area contributed by atoms with E-state index in [0.717, 1.165) is 5.56 Å². The molecule has 2 N–H and O–H groups in total. The summed E-state index contributed by atoms with van der Waals surface area (Å²) in [5.41, 5.74) is 1.47. The van der Waals surface area contributed by atoms with Crippen LogP contribution in [0.15, 0.2) is 48.5 Å². The van der Waals surface area contributed by atoms with E-state index in [1.54, 1.807) is 18.2 Å². The van der Waals surface area contributed by atoms with Gasteiger partial charge < -0.3 is 19.9 Å². The third-order valence-electron chi connectivity index (χ3n) is 5.27. The fourth-order valence-electron chi connectivity index (χ4n) is 3.60. The van der Waals surface area contributed by atoms with Crippen molar-refractivity contribution in [1.29, 1.82) is 0 Å². The lowest BCUT2D eigenvalue weighted by atomic mass is 10.0. The van der Waals surface area contributed by atoms with Crippen LogP contribution < -0.4 is 10.1 Å². The van der Waals surface area contributed by atoms with Gasteiger partial charge in [-0.2, -0.15) is 0 Å². The van der Waals surface area contributed by atoms with Gasteiger partial charge in [0.15, 0.2) is 0 Å². The Kier molecular flexibility index (Phi) is 7.94. The summed E-state index contributed by atoms with van der Waals surface area (Å²) in [7, 11) is 1.49. The van der Waals surface area contributed by atoms with Gasteiger partial charge in [-0.05, 0) is 36.1 Å². The van der Waals surface area contributed by atoms with E-state index in [0.29, 0.717) is 35.7 Å². The number of ether oxygens (including phenoxy) is 2. The van der Waals surface area contributed by atoms with E-state index in [4.69, 9.17) is 21.1 Å². The van der Waals surface area contributed by atoms with E-state index in [1.807, 2.05) is 30.3 Å². The van der Waals surface area contributed by atoms with Crippen LogP contribution in [0.1, 0.15) is 24.0 Å². The van der Waals surface area contributed by atoms with Crippen LogP contribution in [0.5, 0.6) is 5.75 Å². The van der Waals surface area contributed by atoms with E-state index in [1.165, 1.54) is 12.0 Å². The number of nitrogens with zero attached hydrogens (tertiary/aromatic N) is 1. The first-order valence-electron chi connectivity index (χ1n) is 10.2. The minimum atomic E-state index is -1.18. The molecule has 0 saturated carbocycles. The number of amides is 2.